The smallest absolute Gasteiger partial charge is 0.0594 e. The molecule has 0 saturated carbocycles. The molecule has 1 saturated heterocycles. The number of nitrogens with two attached hydrogens (primary N) is 1. The van der Waals surface area contributed by atoms with Crippen LogP contribution in [0.25, 0.3) is 0 Å². The van der Waals surface area contributed by atoms with Crippen LogP contribution in [-0.4, -0.2) is 24.9 Å². The molecule has 0 aliphatic carbocycles. The predicted octanol–water partition coefficient (Wildman–Crippen LogP) is 1.35. The lowest BCUT2D eigenvalue weighted by Crippen LogP contribution is -2.52. The van der Waals surface area contributed by atoms with Gasteiger partial charge in [-0.1, -0.05) is 23.7 Å². The number of ether oxygens (including phenoxy) is 1. The maximum Gasteiger partial charge on any atom is 0.0594 e. The molecule has 0 amide bonds. The number of hydrogen-bond acceptors (Lipinski definition) is 3. The standard InChI is InChI=1S/C11H14ClNO2/c12-9-3-1-8(2-4-9)10(13)11(5-14)6-15-7-11/h1-4,10,14H,5-7,13H2. The Balaban J connectivity index is 2.19. The second-order valence-electron chi connectivity index (χ2n) is 4.04. The minimum Gasteiger partial charge on any atom is -0.396 e. The van der Waals surface area contributed by atoms with Crippen molar-refractivity contribution < 1.29 is 9.84 Å². The second kappa shape index (κ2) is 4.10. The van der Waals surface area contributed by atoms with E-state index in [-0.39, 0.29) is 18.1 Å². The molecule has 3 nitrogen and oxygen atoms in total. The fourth-order valence-corrected chi connectivity index (χ4v) is 1.88. The first-order valence-electron chi connectivity index (χ1n) is 4.88. The molecule has 1 aliphatic rings. The predicted molar refractivity (Wildman–Crippen MR) is 58.7 cm³/mol. The highest BCUT2D eigenvalue weighted by Crippen LogP contribution is 2.38. The maximum absolute atomic E-state index is 9.34. The molecule has 1 aromatic carbocycles. The Kier molecular flexibility index (Phi) is 2.98. The van der Waals surface area contributed by atoms with Crippen LogP contribution in [0.5, 0.6) is 0 Å². The van der Waals surface area contributed by atoms with Crippen molar-refractivity contribution in [3.05, 3.63) is 34.9 Å². The number of hydrogen-bond donors (Lipinski definition) is 2. The van der Waals surface area contributed by atoms with E-state index in [9.17, 15) is 5.11 Å². The Morgan fingerprint density at radius 1 is 1.40 bits per heavy atom. The van der Waals surface area contributed by atoms with Crippen LogP contribution in [0.3, 0.4) is 0 Å². The lowest BCUT2D eigenvalue weighted by atomic mass is 9.76. The number of rotatable bonds is 3. The number of halogens is 1. The molecule has 0 spiro atoms. The molecule has 0 bridgehead atoms. The summed E-state index contributed by atoms with van der Waals surface area (Å²) in [4.78, 5) is 0. The van der Waals surface area contributed by atoms with Gasteiger partial charge in [0.25, 0.3) is 0 Å². The van der Waals surface area contributed by atoms with E-state index in [0.717, 1.165) is 5.56 Å². The number of aliphatic hydroxyl groups excluding tert-OH is 1. The Hall–Kier alpha value is -0.610. The van der Waals surface area contributed by atoms with Crippen molar-refractivity contribution in [2.24, 2.45) is 11.1 Å². The van der Waals surface area contributed by atoms with Gasteiger partial charge in [-0.3, -0.25) is 0 Å². The van der Waals surface area contributed by atoms with Gasteiger partial charge in [-0.2, -0.15) is 0 Å². The quantitative estimate of drug-likeness (QED) is 0.820. The van der Waals surface area contributed by atoms with E-state index in [2.05, 4.69) is 0 Å². The molecule has 1 atom stereocenters. The molecule has 0 radical (unpaired) electrons. The van der Waals surface area contributed by atoms with Gasteiger partial charge in [0, 0.05) is 11.1 Å². The lowest BCUT2D eigenvalue weighted by Gasteiger charge is -2.44. The van der Waals surface area contributed by atoms with Crippen molar-refractivity contribution in [1.29, 1.82) is 0 Å². The second-order valence-corrected chi connectivity index (χ2v) is 4.48. The van der Waals surface area contributed by atoms with Gasteiger partial charge < -0.3 is 15.6 Å². The summed E-state index contributed by atoms with van der Waals surface area (Å²) >= 11 is 5.80. The highest BCUT2D eigenvalue weighted by molar-refractivity contribution is 6.30. The number of aliphatic hydroxyl groups is 1. The molecule has 4 heteroatoms. The van der Waals surface area contributed by atoms with Crippen LogP contribution in [0.4, 0.5) is 0 Å². The Morgan fingerprint density at radius 2 is 2.00 bits per heavy atom. The minimum absolute atomic E-state index is 0.0524. The van der Waals surface area contributed by atoms with Crippen LogP contribution in [-0.2, 0) is 4.74 Å². The van der Waals surface area contributed by atoms with Crippen LogP contribution in [0.1, 0.15) is 11.6 Å². The zero-order chi connectivity index (χ0) is 10.9. The summed E-state index contributed by atoms with van der Waals surface area (Å²) in [5, 5.41) is 10.0. The first-order chi connectivity index (χ1) is 7.18. The van der Waals surface area contributed by atoms with Crippen molar-refractivity contribution in [2.75, 3.05) is 19.8 Å². The highest BCUT2D eigenvalue weighted by atomic mass is 35.5. The Labute approximate surface area is 93.8 Å². The molecule has 1 heterocycles. The van der Waals surface area contributed by atoms with Crippen molar-refractivity contribution in [2.45, 2.75) is 6.04 Å². The third-order valence-electron chi connectivity index (χ3n) is 2.98. The van der Waals surface area contributed by atoms with E-state index >= 15 is 0 Å². The van der Waals surface area contributed by atoms with Gasteiger partial charge in [-0.25, -0.2) is 0 Å². The van der Waals surface area contributed by atoms with E-state index in [0.29, 0.717) is 18.2 Å². The monoisotopic (exact) mass is 227 g/mol. The molecule has 1 unspecified atom stereocenters. The first-order valence-corrected chi connectivity index (χ1v) is 5.25. The Morgan fingerprint density at radius 3 is 2.40 bits per heavy atom. The van der Waals surface area contributed by atoms with Crippen molar-refractivity contribution in [3.8, 4) is 0 Å². The van der Waals surface area contributed by atoms with Crippen molar-refractivity contribution in [1.82, 2.24) is 0 Å². The average Bonchev–Trinajstić information content (AvgIpc) is 2.18. The molecule has 1 aliphatic heterocycles. The van der Waals surface area contributed by atoms with Gasteiger partial charge >= 0.3 is 0 Å². The minimum atomic E-state index is -0.312. The van der Waals surface area contributed by atoms with Crippen LogP contribution >= 0.6 is 11.6 Å². The highest BCUT2D eigenvalue weighted by Gasteiger charge is 2.44. The van der Waals surface area contributed by atoms with Crippen molar-refractivity contribution in [3.63, 3.8) is 0 Å². The summed E-state index contributed by atoms with van der Waals surface area (Å²) in [6, 6.07) is 7.20. The molecule has 2 rings (SSSR count). The van der Waals surface area contributed by atoms with Crippen molar-refractivity contribution >= 4 is 11.6 Å². The Bertz CT molecular complexity index is 329. The number of benzene rings is 1. The summed E-state index contributed by atoms with van der Waals surface area (Å²) in [6.07, 6.45) is 0. The van der Waals surface area contributed by atoms with E-state index < -0.39 is 0 Å². The third kappa shape index (κ3) is 1.88. The van der Waals surface area contributed by atoms with Gasteiger partial charge in [-0.05, 0) is 17.7 Å². The molecular weight excluding hydrogens is 214 g/mol. The summed E-state index contributed by atoms with van der Waals surface area (Å²) in [5.41, 5.74) is 6.78. The van der Waals surface area contributed by atoms with Gasteiger partial charge in [0.15, 0.2) is 0 Å². The van der Waals surface area contributed by atoms with E-state index in [1.54, 1.807) is 12.1 Å². The fourth-order valence-electron chi connectivity index (χ4n) is 1.76. The molecule has 1 fully saturated rings. The molecule has 15 heavy (non-hydrogen) atoms. The normalized spacial score (nSPS) is 20.7. The molecular formula is C11H14ClNO2. The van der Waals surface area contributed by atoms with Gasteiger partial charge in [0.1, 0.15) is 0 Å². The van der Waals surface area contributed by atoms with Gasteiger partial charge in [0.05, 0.1) is 25.2 Å². The molecule has 82 valence electrons. The van der Waals surface area contributed by atoms with E-state index in [1.807, 2.05) is 12.1 Å². The largest absolute Gasteiger partial charge is 0.396 e. The first kappa shape index (κ1) is 10.9. The average molecular weight is 228 g/mol. The molecule has 3 N–H and O–H groups in total. The summed E-state index contributed by atoms with van der Waals surface area (Å²) < 4.78 is 5.13. The van der Waals surface area contributed by atoms with Crippen LogP contribution in [0, 0.1) is 5.41 Å². The molecule has 0 aromatic heterocycles. The third-order valence-corrected chi connectivity index (χ3v) is 3.23. The van der Waals surface area contributed by atoms with Crippen LogP contribution in [0.15, 0.2) is 24.3 Å². The summed E-state index contributed by atoms with van der Waals surface area (Å²) in [6.45, 7) is 1.09. The topological polar surface area (TPSA) is 55.5 Å². The lowest BCUT2D eigenvalue weighted by molar-refractivity contribution is -0.150. The van der Waals surface area contributed by atoms with E-state index in [4.69, 9.17) is 22.1 Å². The molecule has 1 aromatic rings. The fraction of sp³-hybridized carbons (Fsp3) is 0.455. The zero-order valence-corrected chi connectivity index (χ0v) is 9.07. The summed E-state index contributed by atoms with van der Waals surface area (Å²) in [7, 11) is 0. The SMILES string of the molecule is NC(c1ccc(Cl)cc1)C1(CO)COC1. The van der Waals surface area contributed by atoms with Crippen LogP contribution < -0.4 is 5.73 Å². The van der Waals surface area contributed by atoms with E-state index in [1.165, 1.54) is 0 Å². The van der Waals surface area contributed by atoms with Gasteiger partial charge in [0.2, 0.25) is 0 Å². The van der Waals surface area contributed by atoms with Crippen LogP contribution in [0.2, 0.25) is 5.02 Å². The van der Waals surface area contributed by atoms with Gasteiger partial charge in [-0.15, -0.1) is 0 Å². The summed E-state index contributed by atoms with van der Waals surface area (Å²) in [5.74, 6) is 0. The zero-order valence-electron chi connectivity index (χ0n) is 8.32. The maximum atomic E-state index is 9.34.